The minimum atomic E-state index is 0.323. The highest BCUT2D eigenvalue weighted by Crippen LogP contribution is 2.13. The first-order chi connectivity index (χ1) is 11.8. The number of unbranched alkanes of at least 4 members (excludes halogenated alkanes) is 1. The summed E-state index contributed by atoms with van der Waals surface area (Å²) in [6.07, 6.45) is 5.84. The molecular formula is C19H31N3O2. The van der Waals surface area contributed by atoms with Crippen molar-refractivity contribution in [3.8, 4) is 5.75 Å². The van der Waals surface area contributed by atoms with Crippen LogP contribution in [0.15, 0.2) is 29.3 Å². The van der Waals surface area contributed by atoms with Crippen LogP contribution in [0, 0.1) is 0 Å². The van der Waals surface area contributed by atoms with E-state index in [9.17, 15) is 0 Å². The van der Waals surface area contributed by atoms with Gasteiger partial charge < -0.3 is 20.1 Å². The largest absolute Gasteiger partial charge is 0.494 e. The van der Waals surface area contributed by atoms with Crippen molar-refractivity contribution < 1.29 is 9.47 Å². The normalized spacial score (nSPS) is 17.8. The van der Waals surface area contributed by atoms with E-state index in [1.807, 2.05) is 0 Å². The Balaban J connectivity index is 1.64. The van der Waals surface area contributed by atoms with E-state index in [1.54, 1.807) is 7.05 Å². The van der Waals surface area contributed by atoms with E-state index < -0.39 is 0 Å². The fourth-order valence-electron chi connectivity index (χ4n) is 2.65. The molecule has 1 fully saturated rings. The Morgan fingerprint density at radius 2 is 2.12 bits per heavy atom. The van der Waals surface area contributed by atoms with Crippen LogP contribution < -0.4 is 15.4 Å². The van der Waals surface area contributed by atoms with Crippen molar-refractivity contribution in [2.45, 2.75) is 45.1 Å². The predicted molar refractivity (Wildman–Crippen MR) is 98.9 cm³/mol. The number of hydrogen-bond donors (Lipinski definition) is 2. The second-order valence-electron chi connectivity index (χ2n) is 6.11. The molecule has 2 N–H and O–H groups in total. The van der Waals surface area contributed by atoms with Crippen LogP contribution in [0.3, 0.4) is 0 Å². The number of aliphatic imine (C=N–C) groups is 1. The van der Waals surface area contributed by atoms with Crippen LogP contribution in [0.1, 0.15) is 38.2 Å². The number of nitrogens with zero attached hydrogens (tertiary/aromatic N) is 1. The van der Waals surface area contributed by atoms with E-state index in [0.717, 1.165) is 70.1 Å². The Hall–Kier alpha value is -1.75. The van der Waals surface area contributed by atoms with Crippen molar-refractivity contribution in [2.24, 2.45) is 4.99 Å². The van der Waals surface area contributed by atoms with E-state index in [0.29, 0.717) is 6.10 Å². The number of rotatable bonds is 9. The maximum absolute atomic E-state index is 5.69. The summed E-state index contributed by atoms with van der Waals surface area (Å²) in [7, 11) is 1.80. The van der Waals surface area contributed by atoms with Crippen LogP contribution in [-0.4, -0.2) is 45.4 Å². The second kappa shape index (κ2) is 10.9. The molecule has 0 spiro atoms. The zero-order chi connectivity index (χ0) is 17.0. The van der Waals surface area contributed by atoms with Gasteiger partial charge in [-0.3, -0.25) is 4.99 Å². The average molecular weight is 333 g/mol. The minimum absolute atomic E-state index is 0.323. The number of hydrogen-bond acceptors (Lipinski definition) is 3. The van der Waals surface area contributed by atoms with Crippen LogP contribution in [0.2, 0.25) is 0 Å². The Kier molecular flexibility index (Phi) is 8.46. The van der Waals surface area contributed by atoms with Crippen LogP contribution >= 0.6 is 0 Å². The molecule has 1 aliphatic rings. The predicted octanol–water partition coefficient (Wildman–Crippen LogP) is 2.75. The topological polar surface area (TPSA) is 54.9 Å². The van der Waals surface area contributed by atoms with Gasteiger partial charge in [-0.05, 0) is 43.4 Å². The van der Waals surface area contributed by atoms with Gasteiger partial charge in [0, 0.05) is 26.7 Å². The molecule has 2 rings (SSSR count). The quantitative estimate of drug-likeness (QED) is 0.414. The third-order valence-corrected chi connectivity index (χ3v) is 4.14. The fourth-order valence-corrected chi connectivity index (χ4v) is 2.65. The molecule has 1 aromatic rings. The third kappa shape index (κ3) is 6.79. The molecule has 134 valence electrons. The summed E-state index contributed by atoms with van der Waals surface area (Å²) in [4.78, 5) is 4.25. The van der Waals surface area contributed by atoms with Gasteiger partial charge in [0.25, 0.3) is 0 Å². The monoisotopic (exact) mass is 333 g/mol. The molecule has 0 bridgehead atoms. The van der Waals surface area contributed by atoms with Gasteiger partial charge in [-0.1, -0.05) is 25.5 Å². The van der Waals surface area contributed by atoms with Gasteiger partial charge in [-0.2, -0.15) is 0 Å². The number of benzene rings is 1. The molecule has 0 radical (unpaired) electrons. The van der Waals surface area contributed by atoms with Crippen molar-refractivity contribution in [1.29, 1.82) is 0 Å². The molecule has 1 heterocycles. The third-order valence-electron chi connectivity index (χ3n) is 4.14. The van der Waals surface area contributed by atoms with Crippen molar-refractivity contribution in [3.05, 3.63) is 29.8 Å². The summed E-state index contributed by atoms with van der Waals surface area (Å²) < 4.78 is 11.3. The summed E-state index contributed by atoms with van der Waals surface area (Å²) >= 11 is 0. The summed E-state index contributed by atoms with van der Waals surface area (Å²) in [5.74, 6) is 1.79. The molecule has 0 aromatic heterocycles. The van der Waals surface area contributed by atoms with Gasteiger partial charge in [0.05, 0.1) is 12.7 Å². The van der Waals surface area contributed by atoms with E-state index in [-0.39, 0.29) is 0 Å². The van der Waals surface area contributed by atoms with Gasteiger partial charge in [0.1, 0.15) is 5.75 Å². The van der Waals surface area contributed by atoms with Gasteiger partial charge in [-0.25, -0.2) is 0 Å². The van der Waals surface area contributed by atoms with E-state index in [1.165, 1.54) is 5.56 Å². The number of guanidine groups is 1. The molecule has 1 saturated heterocycles. The Morgan fingerprint density at radius 3 is 2.79 bits per heavy atom. The Labute approximate surface area is 145 Å². The first-order valence-electron chi connectivity index (χ1n) is 9.09. The van der Waals surface area contributed by atoms with E-state index in [4.69, 9.17) is 9.47 Å². The van der Waals surface area contributed by atoms with E-state index in [2.05, 4.69) is 46.8 Å². The standard InChI is InChI=1S/C19H31N3O2/c1-3-4-13-23-17-9-7-16(8-10-17)11-12-21-19(20-2)22-15-18-6-5-14-24-18/h7-10,18H,3-6,11-15H2,1-2H3,(H2,20,21,22). The number of nitrogens with one attached hydrogen (secondary N) is 2. The SMILES string of the molecule is CCCCOc1ccc(CCNC(=NC)NCC2CCCO2)cc1. The van der Waals surface area contributed by atoms with Gasteiger partial charge in [0.15, 0.2) is 5.96 Å². The highest BCUT2D eigenvalue weighted by atomic mass is 16.5. The zero-order valence-electron chi connectivity index (χ0n) is 15.0. The average Bonchev–Trinajstić information content (AvgIpc) is 3.13. The first-order valence-corrected chi connectivity index (χ1v) is 9.09. The summed E-state index contributed by atoms with van der Waals surface area (Å²) in [6.45, 7) is 5.52. The highest BCUT2D eigenvalue weighted by molar-refractivity contribution is 5.79. The lowest BCUT2D eigenvalue weighted by atomic mass is 10.1. The second-order valence-corrected chi connectivity index (χ2v) is 6.11. The fraction of sp³-hybridized carbons (Fsp3) is 0.632. The maximum Gasteiger partial charge on any atom is 0.191 e. The van der Waals surface area contributed by atoms with Crippen molar-refractivity contribution in [3.63, 3.8) is 0 Å². The van der Waals surface area contributed by atoms with Crippen LogP contribution in [0.25, 0.3) is 0 Å². The molecule has 1 unspecified atom stereocenters. The van der Waals surface area contributed by atoms with Gasteiger partial charge >= 0.3 is 0 Å². The van der Waals surface area contributed by atoms with Crippen molar-refractivity contribution >= 4 is 5.96 Å². The summed E-state index contributed by atoms with van der Waals surface area (Å²) in [5, 5.41) is 6.68. The van der Waals surface area contributed by atoms with Crippen molar-refractivity contribution in [1.82, 2.24) is 10.6 Å². The smallest absolute Gasteiger partial charge is 0.191 e. The van der Waals surface area contributed by atoms with Gasteiger partial charge in [0.2, 0.25) is 0 Å². The molecule has 1 aliphatic heterocycles. The lowest BCUT2D eigenvalue weighted by Gasteiger charge is -2.15. The summed E-state index contributed by atoms with van der Waals surface area (Å²) in [5.41, 5.74) is 1.29. The van der Waals surface area contributed by atoms with Crippen molar-refractivity contribution in [2.75, 3.05) is 33.4 Å². The lowest BCUT2D eigenvalue weighted by Crippen LogP contribution is -2.41. The van der Waals surface area contributed by atoms with Crippen LogP contribution in [0.4, 0.5) is 0 Å². The van der Waals surface area contributed by atoms with E-state index >= 15 is 0 Å². The van der Waals surface area contributed by atoms with Crippen LogP contribution in [0.5, 0.6) is 5.75 Å². The molecule has 5 nitrogen and oxygen atoms in total. The number of ether oxygens (including phenoxy) is 2. The Morgan fingerprint density at radius 1 is 1.29 bits per heavy atom. The maximum atomic E-state index is 5.69. The molecule has 1 aromatic carbocycles. The molecule has 0 saturated carbocycles. The van der Waals surface area contributed by atoms with Crippen LogP contribution in [-0.2, 0) is 11.2 Å². The summed E-state index contributed by atoms with van der Waals surface area (Å²) in [6, 6.07) is 8.36. The molecule has 5 heteroatoms. The first kappa shape index (κ1) is 18.6. The Bertz CT molecular complexity index is 482. The molecule has 0 amide bonds. The zero-order valence-corrected chi connectivity index (χ0v) is 15.0. The van der Waals surface area contributed by atoms with Gasteiger partial charge in [-0.15, -0.1) is 0 Å². The molecular weight excluding hydrogens is 302 g/mol. The molecule has 24 heavy (non-hydrogen) atoms. The molecule has 0 aliphatic carbocycles. The minimum Gasteiger partial charge on any atom is -0.494 e. The highest BCUT2D eigenvalue weighted by Gasteiger charge is 2.15. The molecule has 1 atom stereocenters. The lowest BCUT2D eigenvalue weighted by molar-refractivity contribution is 0.114.